The maximum atomic E-state index is 5.99. The normalized spacial score (nSPS) is 12.7. The molecule has 4 heteroatoms. The van der Waals surface area contributed by atoms with Crippen LogP contribution in [0.15, 0.2) is 34.9 Å². The van der Waals surface area contributed by atoms with Crippen LogP contribution in [0.5, 0.6) is 0 Å². The zero-order valence-corrected chi connectivity index (χ0v) is 11.3. The van der Waals surface area contributed by atoms with E-state index in [0.29, 0.717) is 5.22 Å². The van der Waals surface area contributed by atoms with Crippen molar-refractivity contribution in [3.63, 3.8) is 0 Å². The summed E-state index contributed by atoms with van der Waals surface area (Å²) in [5.74, 6) is 5.62. The van der Waals surface area contributed by atoms with Crippen LogP contribution < -0.4 is 11.3 Å². The molecule has 2 rings (SSSR count). The fraction of sp³-hybridized carbons (Fsp3) is 0.286. The zero-order valence-electron chi connectivity index (χ0n) is 10.5. The molecular formula is C14H17ClN2O. The molecule has 0 radical (unpaired) electrons. The lowest BCUT2D eigenvalue weighted by Crippen LogP contribution is -2.29. The summed E-state index contributed by atoms with van der Waals surface area (Å²) in [7, 11) is 0. The van der Waals surface area contributed by atoms with Crippen molar-refractivity contribution in [1.82, 2.24) is 5.43 Å². The third-order valence-corrected chi connectivity index (χ3v) is 3.46. The third kappa shape index (κ3) is 2.75. The molecule has 1 atom stereocenters. The van der Waals surface area contributed by atoms with Crippen LogP contribution in [0.2, 0.25) is 5.22 Å². The van der Waals surface area contributed by atoms with E-state index in [1.807, 2.05) is 6.07 Å². The van der Waals surface area contributed by atoms with Crippen molar-refractivity contribution in [1.29, 1.82) is 0 Å². The largest absolute Gasteiger partial charge is 0.453 e. The second-order valence-electron chi connectivity index (χ2n) is 4.50. The highest BCUT2D eigenvalue weighted by Gasteiger charge is 2.17. The molecule has 2 aromatic rings. The number of hydrazine groups is 1. The molecule has 0 saturated heterocycles. The molecule has 0 aliphatic carbocycles. The summed E-state index contributed by atoms with van der Waals surface area (Å²) in [5.41, 5.74) is 7.44. The second kappa shape index (κ2) is 5.57. The van der Waals surface area contributed by atoms with E-state index in [9.17, 15) is 0 Å². The molecule has 3 N–H and O–H groups in total. The van der Waals surface area contributed by atoms with Crippen LogP contribution in [0.25, 0.3) is 0 Å². The van der Waals surface area contributed by atoms with E-state index in [1.165, 1.54) is 16.7 Å². The van der Waals surface area contributed by atoms with Gasteiger partial charge in [0.15, 0.2) is 5.22 Å². The summed E-state index contributed by atoms with van der Waals surface area (Å²) in [4.78, 5) is 0. The van der Waals surface area contributed by atoms with Gasteiger partial charge in [0.2, 0.25) is 0 Å². The minimum Gasteiger partial charge on any atom is -0.453 e. The molecule has 0 spiro atoms. The van der Waals surface area contributed by atoms with Crippen molar-refractivity contribution in [2.75, 3.05) is 0 Å². The quantitative estimate of drug-likeness (QED) is 0.658. The Labute approximate surface area is 112 Å². The van der Waals surface area contributed by atoms with Crippen molar-refractivity contribution in [2.45, 2.75) is 26.3 Å². The fourth-order valence-electron chi connectivity index (χ4n) is 2.05. The number of nitrogens with one attached hydrogen (secondary N) is 1. The van der Waals surface area contributed by atoms with Gasteiger partial charge in [-0.25, -0.2) is 0 Å². The third-order valence-electron chi connectivity index (χ3n) is 3.15. The van der Waals surface area contributed by atoms with Gasteiger partial charge in [-0.2, -0.15) is 0 Å². The Bertz CT molecular complexity index is 536. The number of hydrogen-bond acceptors (Lipinski definition) is 3. The van der Waals surface area contributed by atoms with E-state index in [4.69, 9.17) is 21.9 Å². The van der Waals surface area contributed by atoms with Gasteiger partial charge in [-0.3, -0.25) is 11.3 Å². The average Bonchev–Trinajstić information content (AvgIpc) is 2.77. The van der Waals surface area contributed by atoms with Gasteiger partial charge in [0.25, 0.3) is 0 Å². The predicted octanol–water partition coefficient (Wildman–Crippen LogP) is 3.30. The van der Waals surface area contributed by atoms with Crippen molar-refractivity contribution >= 4 is 11.6 Å². The first-order chi connectivity index (χ1) is 8.61. The highest BCUT2D eigenvalue weighted by atomic mass is 35.5. The van der Waals surface area contributed by atoms with E-state index in [1.54, 1.807) is 6.26 Å². The molecule has 0 amide bonds. The van der Waals surface area contributed by atoms with E-state index >= 15 is 0 Å². The smallest absolute Gasteiger partial charge is 0.197 e. The van der Waals surface area contributed by atoms with Crippen molar-refractivity contribution in [2.24, 2.45) is 5.84 Å². The Morgan fingerprint density at radius 2 is 2.11 bits per heavy atom. The molecule has 18 heavy (non-hydrogen) atoms. The number of aryl methyl sites for hydroxylation is 2. The zero-order chi connectivity index (χ0) is 13.1. The second-order valence-corrected chi connectivity index (χ2v) is 4.85. The standard InChI is InChI=1S/C14H17ClN2O/c1-9-3-4-10(2)11(7-9)8-13(17-16)12-5-6-18-14(12)15/h3-7,13,17H,8,16H2,1-2H3. The number of halogens is 1. The van der Waals surface area contributed by atoms with E-state index in [0.717, 1.165) is 12.0 Å². The number of hydrogen-bond donors (Lipinski definition) is 2. The molecule has 0 saturated carbocycles. The molecule has 0 aliphatic heterocycles. The van der Waals surface area contributed by atoms with Crippen LogP contribution in [0.3, 0.4) is 0 Å². The first kappa shape index (κ1) is 13.1. The van der Waals surface area contributed by atoms with Crippen molar-refractivity contribution < 1.29 is 4.42 Å². The van der Waals surface area contributed by atoms with Crippen LogP contribution in [0.1, 0.15) is 28.3 Å². The Kier molecular flexibility index (Phi) is 4.07. The Morgan fingerprint density at radius 3 is 2.72 bits per heavy atom. The van der Waals surface area contributed by atoms with Crippen molar-refractivity contribution in [3.05, 3.63) is 58.0 Å². The Balaban J connectivity index is 2.26. The first-order valence-corrected chi connectivity index (χ1v) is 6.24. The van der Waals surface area contributed by atoms with E-state index < -0.39 is 0 Å². The predicted molar refractivity (Wildman–Crippen MR) is 73.4 cm³/mol. The fourth-order valence-corrected chi connectivity index (χ4v) is 2.30. The molecule has 1 heterocycles. The maximum Gasteiger partial charge on any atom is 0.197 e. The highest BCUT2D eigenvalue weighted by molar-refractivity contribution is 6.29. The van der Waals surface area contributed by atoms with Gasteiger partial charge in [-0.15, -0.1) is 0 Å². The molecule has 1 aromatic carbocycles. The SMILES string of the molecule is Cc1ccc(C)c(CC(NN)c2ccoc2Cl)c1. The molecule has 3 nitrogen and oxygen atoms in total. The van der Waals surface area contributed by atoms with Gasteiger partial charge in [0, 0.05) is 5.56 Å². The van der Waals surface area contributed by atoms with Crippen molar-refractivity contribution in [3.8, 4) is 0 Å². The van der Waals surface area contributed by atoms with Gasteiger partial charge in [0.05, 0.1) is 12.3 Å². The summed E-state index contributed by atoms with van der Waals surface area (Å²) in [5, 5.41) is 0.392. The monoisotopic (exact) mass is 264 g/mol. The molecular weight excluding hydrogens is 248 g/mol. The number of furan rings is 1. The van der Waals surface area contributed by atoms with Crippen LogP contribution in [0, 0.1) is 13.8 Å². The summed E-state index contributed by atoms with van der Waals surface area (Å²) in [6.45, 7) is 4.18. The lowest BCUT2D eigenvalue weighted by molar-refractivity contribution is 0.526. The van der Waals surface area contributed by atoms with Gasteiger partial charge < -0.3 is 4.42 Å². The van der Waals surface area contributed by atoms with E-state index in [2.05, 4.69) is 37.5 Å². The summed E-state index contributed by atoms with van der Waals surface area (Å²) in [6, 6.07) is 8.20. The topological polar surface area (TPSA) is 51.2 Å². The van der Waals surface area contributed by atoms with Crippen LogP contribution >= 0.6 is 11.6 Å². The Hall–Kier alpha value is -1.29. The summed E-state index contributed by atoms with van der Waals surface area (Å²) < 4.78 is 5.11. The van der Waals surface area contributed by atoms with Crippen LogP contribution in [-0.2, 0) is 6.42 Å². The van der Waals surface area contributed by atoms with Crippen LogP contribution in [-0.4, -0.2) is 0 Å². The molecule has 96 valence electrons. The summed E-state index contributed by atoms with van der Waals surface area (Å²) >= 11 is 5.99. The Morgan fingerprint density at radius 1 is 1.33 bits per heavy atom. The number of benzene rings is 1. The van der Waals surface area contributed by atoms with E-state index in [-0.39, 0.29) is 6.04 Å². The molecule has 1 aromatic heterocycles. The minimum absolute atomic E-state index is 0.0447. The molecule has 0 aliphatic rings. The average molecular weight is 265 g/mol. The van der Waals surface area contributed by atoms with Gasteiger partial charge >= 0.3 is 0 Å². The lowest BCUT2D eigenvalue weighted by Gasteiger charge is -2.16. The van der Waals surface area contributed by atoms with Crippen LogP contribution in [0.4, 0.5) is 0 Å². The number of rotatable bonds is 4. The molecule has 1 unspecified atom stereocenters. The van der Waals surface area contributed by atoms with Gasteiger partial charge in [-0.05, 0) is 49.1 Å². The summed E-state index contributed by atoms with van der Waals surface area (Å²) in [6.07, 6.45) is 2.36. The van der Waals surface area contributed by atoms with Gasteiger partial charge in [-0.1, -0.05) is 23.8 Å². The first-order valence-electron chi connectivity index (χ1n) is 5.87. The molecule has 0 fully saturated rings. The highest BCUT2D eigenvalue weighted by Crippen LogP contribution is 2.27. The molecule has 0 bridgehead atoms. The lowest BCUT2D eigenvalue weighted by atomic mass is 9.96. The maximum absolute atomic E-state index is 5.99. The minimum atomic E-state index is -0.0447. The number of nitrogens with two attached hydrogens (primary N) is 1. The van der Waals surface area contributed by atoms with Gasteiger partial charge in [0.1, 0.15) is 0 Å².